The SMILES string of the molecule is c1ccc2c(c1)OB1c3cnc(-n4c5ccccc5c5ccccc54)cc3Oc3cccc-2c31. The summed E-state index contributed by atoms with van der Waals surface area (Å²) in [5.41, 5.74) is 6.51. The summed E-state index contributed by atoms with van der Waals surface area (Å²) in [6.45, 7) is -0.246. The molecular weight excluding hydrogens is 419 g/mol. The predicted octanol–water partition coefficient (Wildman–Crippen LogP) is 5.45. The first kappa shape index (κ1) is 18.0. The number of pyridine rings is 1. The third-order valence-electron chi connectivity index (χ3n) is 6.94. The van der Waals surface area contributed by atoms with Gasteiger partial charge >= 0.3 is 6.92 Å². The minimum atomic E-state index is -0.246. The lowest BCUT2D eigenvalue weighted by Crippen LogP contribution is -2.53. The van der Waals surface area contributed by atoms with Crippen LogP contribution in [0.5, 0.6) is 17.2 Å². The highest BCUT2D eigenvalue weighted by atomic mass is 16.5. The molecular formula is C29H17BN2O2. The summed E-state index contributed by atoms with van der Waals surface area (Å²) in [7, 11) is 0. The molecule has 34 heavy (non-hydrogen) atoms. The van der Waals surface area contributed by atoms with Crippen molar-refractivity contribution in [1.29, 1.82) is 0 Å². The summed E-state index contributed by atoms with van der Waals surface area (Å²) in [5.74, 6) is 3.33. The Morgan fingerprint density at radius 2 is 1.32 bits per heavy atom. The molecule has 0 saturated heterocycles. The molecule has 0 N–H and O–H groups in total. The molecule has 8 rings (SSSR count). The molecule has 0 amide bonds. The molecule has 158 valence electrons. The summed E-state index contributed by atoms with van der Waals surface area (Å²) in [6, 6.07) is 33.3. The van der Waals surface area contributed by atoms with E-state index in [1.165, 1.54) is 10.8 Å². The van der Waals surface area contributed by atoms with Gasteiger partial charge in [-0.25, -0.2) is 4.98 Å². The van der Waals surface area contributed by atoms with Crippen molar-refractivity contribution >= 4 is 39.6 Å². The molecule has 2 aromatic heterocycles. The van der Waals surface area contributed by atoms with Crippen LogP contribution in [-0.4, -0.2) is 16.5 Å². The summed E-state index contributed by atoms with van der Waals surface area (Å²) < 4.78 is 15.2. The summed E-state index contributed by atoms with van der Waals surface area (Å²) >= 11 is 0. The van der Waals surface area contributed by atoms with Crippen LogP contribution in [0.1, 0.15) is 0 Å². The largest absolute Gasteiger partial charge is 0.551 e. The average molecular weight is 436 g/mol. The van der Waals surface area contributed by atoms with E-state index >= 15 is 0 Å². The number of para-hydroxylation sites is 3. The van der Waals surface area contributed by atoms with Crippen LogP contribution in [0.15, 0.2) is 103 Å². The van der Waals surface area contributed by atoms with Crippen LogP contribution in [0.3, 0.4) is 0 Å². The van der Waals surface area contributed by atoms with E-state index in [0.717, 1.165) is 56.2 Å². The van der Waals surface area contributed by atoms with Crippen LogP contribution in [0.4, 0.5) is 0 Å². The fourth-order valence-electron chi connectivity index (χ4n) is 5.47. The second-order valence-corrected chi connectivity index (χ2v) is 8.76. The number of aromatic nitrogens is 2. The van der Waals surface area contributed by atoms with Crippen LogP contribution < -0.4 is 20.3 Å². The first-order valence-electron chi connectivity index (χ1n) is 11.4. The zero-order valence-corrected chi connectivity index (χ0v) is 18.1. The van der Waals surface area contributed by atoms with E-state index in [9.17, 15) is 0 Å². The number of hydrogen-bond acceptors (Lipinski definition) is 3. The van der Waals surface area contributed by atoms with Gasteiger partial charge in [-0.2, -0.15) is 0 Å². The lowest BCUT2D eigenvalue weighted by molar-refractivity contribution is 0.478. The molecule has 4 heterocycles. The van der Waals surface area contributed by atoms with Gasteiger partial charge in [-0.1, -0.05) is 66.7 Å². The molecule has 0 bridgehead atoms. The van der Waals surface area contributed by atoms with Gasteiger partial charge in [0.05, 0.1) is 11.0 Å². The molecule has 6 aromatic rings. The maximum absolute atomic E-state index is 6.51. The third-order valence-corrected chi connectivity index (χ3v) is 6.94. The van der Waals surface area contributed by atoms with Crippen molar-refractivity contribution in [3.8, 4) is 34.2 Å². The van der Waals surface area contributed by atoms with E-state index in [-0.39, 0.29) is 6.92 Å². The first-order valence-corrected chi connectivity index (χ1v) is 11.4. The Kier molecular flexibility index (Phi) is 3.45. The minimum absolute atomic E-state index is 0.246. The molecule has 5 heteroatoms. The second kappa shape index (κ2) is 6.52. The number of ether oxygens (including phenoxy) is 1. The minimum Gasteiger partial charge on any atom is -0.551 e. The quantitative estimate of drug-likeness (QED) is 0.322. The maximum atomic E-state index is 6.51. The fourth-order valence-corrected chi connectivity index (χ4v) is 5.47. The van der Waals surface area contributed by atoms with Crippen LogP contribution in [-0.2, 0) is 0 Å². The standard InChI is InChI=1S/C29H17BN2O2/c1-4-12-23-18(8-1)19-9-2-5-13-24(19)32(23)28-16-27-22(17-31-28)30-29-21(11-7-15-26(29)33-27)20-10-3-6-14-25(20)34-30/h1-17H. The number of fused-ring (bicyclic) bond motifs is 7. The van der Waals surface area contributed by atoms with Crippen molar-refractivity contribution in [3.63, 3.8) is 0 Å². The highest BCUT2D eigenvalue weighted by Gasteiger charge is 2.40. The van der Waals surface area contributed by atoms with Gasteiger partial charge in [0.1, 0.15) is 23.1 Å². The monoisotopic (exact) mass is 436 g/mol. The Hall–Kier alpha value is -4.51. The molecule has 0 atom stereocenters. The van der Waals surface area contributed by atoms with Crippen molar-refractivity contribution in [1.82, 2.24) is 9.55 Å². The summed E-state index contributed by atoms with van der Waals surface area (Å²) in [6.07, 6.45) is 1.91. The van der Waals surface area contributed by atoms with Crippen molar-refractivity contribution < 1.29 is 9.39 Å². The summed E-state index contributed by atoms with van der Waals surface area (Å²) in [4.78, 5) is 4.92. The molecule has 4 aromatic carbocycles. The van der Waals surface area contributed by atoms with E-state index in [2.05, 4.69) is 65.2 Å². The van der Waals surface area contributed by atoms with E-state index < -0.39 is 0 Å². The van der Waals surface area contributed by atoms with Gasteiger partial charge in [0.15, 0.2) is 0 Å². The maximum Gasteiger partial charge on any atom is 0.436 e. The zero-order valence-electron chi connectivity index (χ0n) is 18.1. The molecule has 0 aliphatic carbocycles. The Bertz CT molecular complexity index is 1740. The van der Waals surface area contributed by atoms with E-state index in [0.29, 0.717) is 0 Å². The predicted molar refractivity (Wildman–Crippen MR) is 136 cm³/mol. The molecule has 4 nitrogen and oxygen atoms in total. The molecule has 0 unspecified atom stereocenters. The number of benzene rings is 4. The van der Waals surface area contributed by atoms with Gasteiger partial charge in [-0.15, -0.1) is 0 Å². The molecule has 0 spiro atoms. The van der Waals surface area contributed by atoms with Gasteiger partial charge in [0, 0.05) is 39.5 Å². The third kappa shape index (κ3) is 2.31. The zero-order chi connectivity index (χ0) is 22.2. The van der Waals surface area contributed by atoms with E-state index in [1.807, 2.05) is 42.6 Å². The Balaban J connectivity index is 1.35. The van der Waals surface area contributed by atoms with Crippen LogP contribution in [0.2, 0.25) is 0 Å². The summed E-state index contributed by atoms with van der Waals surface area (Å²) in [5, 5.41) is 2.42. The lowest BCUT2D eigenvalue weighted by Gasteiger charge is -2.32. The molecule has 0 fully saturated rings. The molecule has 2 aliphatic rings. The van der Waals surface area contributed by atoms with E-state index in [1.54, 1.807) is 0 Å². The van der Waals surface area contributed by atoms with Gasteiger partial charge < -0.3 is 9.39 Å². The smallest absolute Gasteiger partial charge is 0.436 e. The average Bonchev–Trinajstić information content (AvgIpc) is 3.23. The highest BCUT2D eigenvalue weighted by molar-refractivity contribution is 6.84. The number of hydrogen-bond donors (Lipinski definition) is 0. The topological polar surface area (TPSA) is 36.3 Å². The van der Waals surface area contributed by atoms with Crippen LogP contribution in [0, 0.1) is 0 Å². The molecule has 2 aliphatic heterocycles. The number of rotatable bonds is 1. The lowest BCUT2D eigenvalue weighted by atomic mass is 9.51. The Labute approximate surface area is 196 Å². The van der Waals surface area contributed by atoms with Gasteiger partial charge in [-0.3, -0.25) is 4.57 Å². The van der Waals surface area contributed by atoms with Gasteiger partial charge in [0.25, 0.3) is 0 Å². The number of nitrogens with zero attached hydrogens (tertiary/aromatic N) is 2. The molecule has 0 radical (unpaired) electrons. The Morgan fingerprint density at radius 1 is 0.647 bits per heavy atom. The van der Waals surface area contributed by atoms with E-state index in [4.69, 9.17) is 14.4 Å². The van der Waals surface area contributed by atoms with Crippen molar-refractivity contribution in [2.24, 2.45) is 0 Å². The van der Waals surface area contributed by atoms with Gasteiger partial charge in [0.2, 0.25) is 0 Å². The first-order chi connectivity index (χ1) is 16.9. The molecule has 0 saturated carbocycles. The Morgan fingerprint density at radius 3 is 2.15 bits per heavy atom. The van der Waals surface area contributed by atoms with Crippen molar-refractivity contribution in [2.45, 2.75) is 0 Å². The van der Waals surface area contributed by atoms with Gasteiger partial charge in [-0.05, 0) is 29.8 Å². The fraction of sp³-hybridized carbons (Fsp3) is 0. The van der Waals surface area contributed by atoms with Crippen LogP contribution in [0.25, 0.3) is 38.8 Å². The van der Waals surface area contributed by atoms with Crippen LogP contribution >= 0.6 is 0 Å². The van der Waals surface area contributed by atoms with Crippen molar-refractivity contribution in [2.75, 3.05) is 0 Å². The second-order valence-electron chi connectivity index (χ2n) is 8.76. The highest BCUT2D eigenvalue weighted by Crippen LogP contribution is 2.39. The van der Waals surface area contributed by atoms with Crippen molar-refractivity contribution in [3.05, 3.63) is 103 Å². The normalized spacial score (nSPS) is 13.1.